The number of carbonyl (C=O) groups is 2. The highest BCUT2D eigenvalue weighted by molar-refractivity contribution is 7.94. The molecule has 0 aliphatic carbocycles. The second-order valence-electron chi connectivity index (χ2n) is 6.49. The number of aromatic nitrogens is 1. The van der Waals surface area contributed by atoms with Crippen molar-refractivity contribution in [2.24, 2.45) is 0 Å². The average molecular weight is 460 g/mol. The van der Waals surface area contributed by atoms with E-state index in [2.05, 4.69) is 9.71 Å². The predicted molar refractivity (Wildman–Crippen MR) is 113 cm³/mol. The number of fused-ring (bicyclic) bond motifs is 1. The van der Waals surface area contributed by atoms with E-state index in [0.717, 1.165) is 16.2 Å². The number of carbonyl (C=O) groups excluding carboxylic acids is 2. The molecule has 1 aliphatic heterocycles. The number of nitrogens with one attached hydrogen (secondary N) is 1. The van der Waals surface area contributed by atoms with Crippen molar-refractivity contribution in [3.8, 4) is 11.5 Å². The average Bonchev–Trinajstić information content (AvgIpc) is 3.34. The van der Waals surface area contributed by atoms with Gasteiger partial charge < -0.3 is 9.47 Å². The van der Waals surface area contributed by atoms with Crippen molar-refractivity contribution in [1.29, 1.82) is 0 Å². The summed E-state index contributed by atoms with van der Waals surface area (Å²) in [5.41, 5.74) is 0.565. The van der Waals surface area contributed by atoms with Crippen LogP contribution in [0.1, 0.15) is 25.7 Å². The zero-order valence-corrected chi connectivity index (χ0v) is 18.1. The Morgan fingerprint density at radius 3 is 2.58 bits per heavy atom. The molecule has 0 fully saturated rings. The van der Waals surface area contributed by atoms with E-state index in [4.69, 9.17) is 9.47 Å². The number of imide groups is 1. The summed E-state index contributed by atoms with van der Waals surface area (Å²) in [4.78, 5) is 30.5. The summed E-state index contributed by atoms with van der Waals surface area (Å²) in [5.74, 6) is -0.160. The summed E-state index contributed by atoms with van der Waals surface area (Å²) in [5, 5.41) is 0. The molecule has 2 amide bonds. The second kappa shape index (κ2) is 8.00. The third-order valence-electron chi connectivity index (χ3n) is 4.60. The van der Waals surface area contributed by atoms with Crippen molar-refractivity contribution < 1.29 is 27.5 Å². The normalized spacial score (nSPS) is 13.3. The van der Waals surface area contributed by atoms with Gasteiger partial charge in [0.15, 0.2) is 0 Å². The van der Waals surface area contributed by atoms with Crippen molar-refractivity contribution in [3.63, 3.8) is 0 Å². The van der Waals surface area contributed by atoms with E-state index < -0.39 is 21.8 Å². The lowest BCUT2D eigenvalue weighted by molar-refractivity contribution is 0.0642. The highest BCUT2D eigenvalue weighted by atomic mass is 32.2. The molecular weight excluding hydrogens is 442 g/mol. The number of pyridine rings is 1. The maximum absolute atomic E-state index is 12.9. The Morgan fingerprint density at radius 2 is 1.87 bits per heavy atom. The molecule has 1 aliphatic rings. The summed E-state index contributed by atoms with van der Waals surface area (Å²) in [7, 11) is -1.03. The van der Waals surface area contributed by atoms with Crippen LogP contribution in [0.4, 0.5) is 5.69 Å². The SMILES string of the molecule is COc1ccc(OC)c(NS(=O)(=O)c2ccc(CN3C(=O)c4cccnc4C3=O)s2)c1. The van der Waals surface area contributed by atoms with Gasteiger partial charge in [-0.15, -0.1) is 11.3 Å². The Kier molecular flexibility index (Phi) is 5.38. The van der Waals surface area contributed by atoms with Gasteiger partial charge in [-0.05, 0) is 36.4 Å². The highest BCUT2D eigenvalue weighted by Crippen LogP contribution is 2.33. The van der Waals surface area contributed by atoms with Crippen LogP contribution in [-0.4, -0.2) is 44.3 Å². The number of ether oxygens (including phenoxy) is 2. The molecule has 0 bridgehead atoms. The van der Waals surface area contributed by atoms with Gasteiger partial charge in [0.1, 0.15) is 21.4 Å². The molecule has 0 radical (unpaired) electrons. The van der Waals surface area contributed by atoms with Gasteiger partial charge in [-0.1, -0.05) is 0 Å². The summed E-state index contributed by atoms with van der Waals surface area (Å²) < 4.78 is 38.6. The molecule has 31 heavy (non-hydrogen) atoms. The molecule has 11 heteroatoms. The van der Waals surface area contributed by atoms with E-state index in [-0.39, 0.29) is 27.7 Å². The molecule has 0 unspecified atom stereocenters. The number of nitrogens with zero attached hydrogens (tertiary/aromatic N) is 2. The Balaban J connectivity index is 1.55. The summed E-state index contributed by atoms with van der Waals surface area (Å²) in [6.45, 7) is -0.0449. The topological polar surface area (TPSA) is 115 Å². The van der Waals surface area contributed by atoms with Gasteiger partial charge in [-0.3, -0.25) is 24.2 Å². The maximum atomic E-state index is 12.9. The molecule has 3 heterocycles. The molecule has 4 rings (SSSR count). The molecule has 0 atom stereocenters. The maximum Gasteiger partial charge on any atom is 0.280 e. The molecule has 3 aromatic rings. The lowest BCUT2D eigenvalue weighted by atomic mass is 10.2. The minimum atomic E-state index is -3.93. The first-order valence-corrected chi connectivity index (χ1v) is 11.3. The molecule has 160 valence electrons. The number of benzene rings is 1. The summed E-state index contributed by atoms with van der Waals surface area (Å²) >= 11 is 0.963. The van der Waals surface area contributed by atoms with Gasteiger partial charge in [0.2, 0.25) is 0 Å². The van der Waals surface area contributed by atoms with Crippen LogP contribution in [0.3, 0.4) is 0 Å². The number of hydrogen-bond donors (Lipinski definition) is 1. The molecular formula is C20H17N3O6S2. The molecule has 0 saturated heterocycles. The van der Waals surface area contributed by atoms with E-state index in [1.54, 1.807) is 24.3 Å². The second-order valence-corrected chi connectivity index (χ2v) is 9.57. The van der Waals surface area contributed by atoms with Gasteiger partial charge in [-0.2, -0.15) is 0 Å². The predicted octanol–water partition coefficient (Wildman–Crippen LogP) is 2.76. The van der Waals surface area contributed by atoms with Crippen LogP contribution in [-0.2, 0) is 16.6 Å². The van der Waals surface area contributed by atoms with Gasteiger partial charge in [0.05, 0.1) is 32.0 Å². The zero-order chi connectivity index (χ0) is 22.2. The first-order chi connectivity index (χ1) is 14.8. The van der Waals surface area contributed by atoms with Gasteiger partial charge in [0, 0.05) is 17.1 Å². The number of rotatable bonds is 7. The van der Waals surface area contributed by atoms with Gasteiger partial charge in [0.25, 0.3) is 21.8 Å². The van der Waals surface area contributed by atoms with E-state index in [1.165, 1.54) is 38.6 Å². The molecule has 2 aromatic heterocycles. The summed E-state index contributed by atoms with van der Waals surface area (Å²) in [6, 6.07) is 10.9. The van der Waals surface area contributed by atoms with Crippen molar-refractivity contribution in [2.45, 2.75) is 10.8 Å². The minimum absolute atomic E-state index is 0.0297. The quantitative estimate of drug-likeness (QED) is 0.540. The largest absolute Gasteiger partial charge is 0.497 e. The van der Waals surface area contributed by atoms with Crippen LogP contribution in [0.15, 0.2) is 52.9 Å². The third kappa shape index (κ3) is 3.84. The van der Waals surface area contributed by atoms with Crippen LogP contribution in [0, 0.1) is 0 Å². The molecule has 1 aromatic carbocycles. The smallest absolute Gasteiger partial charge is 0.280 e. The van der Waals surface area contributed by atoms with Crippen molar-refractivity contribution in [1.82, 2.24) is 9.88 Å². The van der Waals surface area contributed by atoms with E-state index in [9.17, 15) is 18.0 Å². The summed E-state index contributed by atoms with van der Waals surface area (Å²) in [6.07, 6.45) is 1.45. The van der Waals surface area contributed by atoms with Crippen molar-refractivity contribution >= 4 is 38.9 Å². The fourth-order valence-corrected chi connectivity index (χ4v) is 5.50. The lowest BCUT2D eigenvalue weighted by Gasteiger charge is -2.13. The fraction of sp³-hybridized carbons (Fsp3) is 0.150. The fourth-order valence-electron chi connectivity index (χ4n) is 3.09. The Morgan fingerprint density at radius 1 is 1.06 bits per heavy atom. The first-order valence-electron chi connectivity index (χ1n) is 8.99. The van der Waals surface area contributed by atoms with Gasteiger partial charge >= 0.3 is 0 Å². The van der Waals surface area contributed by atoms with Crippen molar-refractivity contribution in [2.75, 3.05) is 18.9 Å². The van der Waals surface area contributed by atoms with Crippen LogP contribution in [0.25, 0.3) is 0 Å². The van der Waals surface area contributed by atoms with Crippen LogP contribution in [0.5, 0.6) is 11.5 Å². The van der Waals surface area contributed by atoms with E-state index in [0.29, 0.717) is 16.4 Å². The number of amides is 2. The monoisotopic (exact) mass is 459 g/mol. The standard InChI is InChI=1S/C20H17N3O6S2/c1-28-12-5-7-16(29-2)15(10-12)22-31(26,27)17-8-6-13(30-17)11-23-19(24)14-4-3-9-21-18(14)20(23)25/h3-10,22H,11H2,1-2H3. The van der Waals surface area contributed by atoms with E-state index in [1.807, 2.05) is 0 Å². The van der Waals surface area contributed by atoms with Crippen LogP contribution in [0.2, 0.25) is 0 Å². The number of sulfonamides is 1. The van der Waals surface area contributed by atoms with Crippen molar-refractivity contribution in [3.05, 3.63) is 64.8 Å². The number of anilines is 1. The highest BCUT2D eigenvalue weighted by Gasteiger charge is 2.37. The molecule has 9 nitrogen and oxygen atoms in total. The lowest BCUT2D eigenvalue weighted by Crippen LogP contribution is -2.28. The number of methoxy groups -OCH3 is 2. The van der Waals surface area contributed by atoms with Crippen LogP contribution < -0.4 is 14.2 Å². The van der Waals surface area contributed by atoms with E-state index >= 15 is 0 Å². The number of hydrogen-bond acceptors (Lipinski definition) is 8. The number of thiophene rings is 1. The third-order valence-corrected chi connectivity index (χ3v) is 7.53. The van der Waals surface area contributed by atoms with Crippen LogP contribution >= 0.6 is 11.3 Å². The Bertz CT molecular complexity index is 1250. The zero-order valence-electron chi connectivity index (χ0n) is 16.5. The Hall–Kier alpha value is -3.44. The molecule has 1 N–H and O–H groups in total. The molecule has 0 saturated carbocycles. The Labute approximate surface area is 182 Å². The van der Waals surface area contributed by atoms with Gasteiger partial charge in [-0.25, -0.2) is 8.42 Å². The minimum Gasteiger partial charge on any atom is -0.497 e. The first kappa shape index (κ1) is 20.8. The molecule has 0 spiro atoms.